The Morgan fingerprint density at radius 3 is 2.39 bits per heavy atom. The number of piperidine rings is 1. The molecule has 5 rings (SSSR count). The Balaban J connectivity index is 1.47. The van der Waals surface area contributed by atoms with Crippen LogP contribution in [-0.4, -0.2) is 75.0 Å². The van der Waals surface area contributed by atoms with Crippen molar-refractivity contribution in [2.24, 2.45) is 5.92 Å². The number of halogens is 6. The van der Waals surface area contributed by atoms with Gasteiger partial charge in [-0.25, -0.2) is 9.50 Å². The monoisotopic (exact) mass is 519 g/mol. The van der Waals surface area contributed by atoms with Gasteiger partial charge in [0.15, 0.2) is 11.3 Å². The minimum absolute atomic E-state index is 0.0670. The standard InChI is InChI=1S/C22H23F6N5O3/c23-21(24,25)19(22(26,27)28)36-18(35)13-10-20(5-8-29-9-6-20)32(11-13)17(34)16-15(12-3-4-12)31-14-2-1-7-30-33(14)16/h1-2,7,12-13,19,29H,3-6,8-11H2. The Morgan fingerprint density at radius 1 is 1.11 bits per heavy atom. The van der Waals surface area contributed by atoms with Gasteiger partial charge in [-0.3, -0.25) is 9.59 Å². The summed E-state index contributed by atoms with van der Waals surface area (Å²) >= 11 is 0. The first kappa shape index (κ1) is 24.8. The number of esters is 1. The number of ether oxygens (including phenoxy) is 1. The number of amides is 1. The summed E-state index contributed by atoms with van der Waals surface area (Å²) in [4.78, 5) is 32.5. The third-order valence-electron chi connectivity index (χ3n) is 7.13. The van der Waals surface area contributed by atoms with E-state index in [-0.39, 0.29) is 24.6 Å². The quantitative estimate of drug-likeness (QED) is 0.493. The molecule has 1 atom stereocenters. The molecule has 4 heterocycles. The highest BCUT2D eigenvalue weighted by atomic mass is 19.4. The first-order valence-corrected chi connectivity index (χ1v) is 11.6. The van der Waals surface area contributed by atoms with Gasteiger partial charge in [0.05, 0.1) is 11.6 Å². The number of fused-ring (bicyclic) bond motifs is 1. The molecule has 3 fully saturated rings. The first-order valence-electron chi connectivity index (χ1n) is 11.6. The van der Waals surface area contributed by atoms with Crippen LogP contribution in [0, 0.1) is 5.92 Å². The summed E-state index contributed by atoms with van der Waals surface area (Å²) in [5.41, 5.74) is 0.305. The molecule has 2 aromatic heterocycles. The summed E-state index contributed by atoms with van der Waals surface area (Å²) in [7, 11) is 0. The third-order valence-corrected chi connectivity index (χ3v) is 7.13. The van der Waals surface area contributed by atoms with Crippen molar-refractivity contribution in [1.82, 2.24) is 24.8 Å². The van der Waals surface area contributed by atoms with Crippen molar-refractivity contribution in [3.8, 4) is 0 Å². The molecule has 1 saturated carbocycles. The number of nitrogens with zero attached hydrogens (tertiary/aromatic N) is 4. The van der Waals surface area contributed by atoms with Gasteiger partial charge in [0.2, 0.25) is 0 Å². The number of nitrogens with one attached hydrogen (secondary N) is 1. The van der Waals surface area contributed by atoms with Crippen LogP contribution < -0.4 is 5.32 Å². The molecule has 1 amide bonds. The minimum atomic E-state index is -5.81. The lowest BCUT2D eigenvalue weighted by atomic mass is 9.83. The van der Waals surface area contributed by atoms with Crippen LogP contribution in [0.5, 0.6) is 0 Å². The summed E-state index contributed by atoms with van der Waals surface area (Å²) in [6.45, 7) is 0.588. The largest absolute Gasteiger partial charge is 0.442 e. The maximum absolute atomic E-state index is 13.9. The van der Waals surface area contributed by atoms with Gasteiger partial charge in [0.25, 0.3) is 12.0 Å². The second-order valence-electron chi connectivity index (χ2n) is 9.60. The maximum atomic E-state index is 13.9. The molecule has 2 saturated heterocycles. The molecule has 8 nitrogen and oxygen atoms in total. The minimum Gasteiger partial charge on any atom is -0.442 e. The maximum Gasteiger partial charge on any atom is 0.434 e. The molecule has 196 valence electrons. The van der Waals surface area contributed by atoms with Crippen LogP contribution in [0.3, 0.4) is 0 Å². The van der Waals surface area contributed by atoms with Crippen molar-refractivity contribution in [2.45, 2.75) is 62.0 Å². The van der Waals surface area contributed by atoms with Crippen LogP contribution in [-0.2, 0) is 9.53 Å². The van der Waals surface area contributed by atoms with Gasteiger partial charge in [0.1, 0.15) is 0 Å². The fraction of sp³-hybridized carbons (Fsp3) is 0.636. The Kier molecular flexibility index (Phi) is 5.92. The van der Waals surface area contributed by atoms with Gasteiger partial charge in [-0.05, 0) is 57.3 Å². The van der Waals surface area contributed by atoms with Crippen molar-refractivity contribution < 1.29 is 40.7 Å². The van der Waals surface area contributed by atoms with Crippen LogP contribution in [0.1, 0.15) is 54.2 Å². The number of alkyl halides is 6. The first-order chi connectivity index (χ1) is 16.9. The highest BCUT2D eigenvalue weighted by molar-refractivity contribution is 5.96. The summed E-state index contributed by atoms with van der Waals surface area (Å²) in [5.74, 6) is -3.39. The van der Waals surface area contributed by atoms with E-state index in [1.807, 2.05) is 0 Å². The number of rotatable bonds is 4. The van der Waals surface area contributed by atoms with Gasteiger partial charge in [-0.2, -0.15) is 31.4 Å². The van der Waals surface area contributed by atoms with Crippen molar-refractivity contribution in [3.05, 3.63) is 29.7 Å². The van der Waals surface area contributed by atoms with E-state index < -0.39 is 41.8 Å². The third kappa shape index (κ3) is 4.39. The van der Waals surface area contributed by atoms with Gasteiger partial charge >= 0.3 is 18.3 Å². The lowest BCUT2D eigenvalue weighted by Gasteiger charge is -2.41. The van der Waals surface area contributed by atoms with E-state index >= 15 is 0 Å². The van der Waals surface area contributed by atoms with Gasteiger partial charge in [-0.1, -0.05) is 0 Å². The lowest BCUT2D eigenvalue weighted by Crippen LogP contribution is -2.53. The summed E-state index contributed by atoms with van der Waals surface area (Å²) in [6.07, 6.45) is -12.0. The number of hydrogen-bond acceptors (Lipinski definition) is 6. The second-order valence-corrected chi connectivity index (χ2v) is 9.60. The molecule has 1 unspecified atom stereocenters. The van der Waals surface area contributed by atoms with E-state index in [2.05, 4.69) is 20.1 Å². The van der Waals surface area contributed by atoms with Crippen molar-refractivity contribution in [1.29, 1.82) is 0 Å². The van der Waals surface area contributed by atoms with E-state index in [0.717, 1.165) is 12.8 Å². The Hall–Kier alpha value is -2.90. The van der Waals surface area contributed by atoms with Gasteiger partial charge < -0.3 is 15.0 Å². The Bertz CT molecular complexity index is 1160. The zero-order chi connectivity index (χ0) is 25.9. The van der Waals surface area contributed by atoms with Crippen LogP contribution in [0.4, 0.5) is 26.3 Å². The Morgan fingerprint density at radius 2 is 1.78 bits per heavy atom. The van der Waals surface area contributed by atoms with Gasteiger partial charge in [0, 0.05) is 24.2 Å². The number of aromatic nitrogens is 3. The number of hydrogen-bond donors (Lipinski definition) is 1. The average Bonchev–Trinajstić information content (AvgIpc) is 3.49. The van der Waals surface area contributed by atoms with E-state index in [0.29, 0.717) is 37.3 Å². The van der Waals surface area contributed by atoms with Crippen molar-refractivity contribution in [2.75, 3.05) is 19.6 Å². The number of carbonyl (C=O) groups is 2. The molecule has 0 bridgehead atoms. The molecule has 2 aromatic rings. The van der Waals surface area contributed by atoms with E-state index in [1.165, 1.54) is 15.6 Å². The Labute approximate surface area is 201 Å². The predicted molar refractivity (Wildman–Crippen MR) is 111 cm³/mol. The zero-order valence-corrected chi connectivity index (χ0v) is 18.9. The van der Waals surface area contributed by atoms with Crippen LogP contribution in [0.25, 0.3) is 5.65 Å². The van der Waals surface area contributed by atoms with Crippen LogP contribution in [0.15, 0.2) is 18.3 Å². The van der Waals surface area contributed by atoms with E-state index in [1.54, 1.807) is 12.1 Å². The van der Waals surface area contributed by atoms with Crippen molar-refractivity contribution in [3.63, 3.8) is 0 Å². The summed E-state index contributed by atoms with van der Waals surface area (Å²) in [5, 5.41) is 7.37. The topological polar surface area (TPSA) is 88.8 Å². The fourth-order valence-corrected chi connectivity index (χ4v) is 5.28. The fourth-order valence-electron chi connectivity index (χ4n) is 5.28. The molecule has 1 spiro atoms. The molecule has 3 aliphatic rings. The molecular weight excluding hydrogens is 496 g/mol. The normalized spacial score (nSPS) is 22.5. The molecular formula is C22H23F6N5O3. The molecule has 0 radical (unpaired) electrons. The van der Waals surface area contributed by atoms with Crippen LogP contribution in [0.2, 0.25) is 0 Å². The molecule has 14 heteroatoms. The van der Waals surface area contributed by atoms with Crippen molar-refractivity contribution >= 4 is 17.5 Å². The van der Waals surface area contributed by atoms with E-state index in [9.17, 15) is 35.9 Å². The molecule has 0 aromatic carbocycles. The SMILES string of the molecule is O=C(OC(C(F)(F)F)C(F)(F)F)C1CN(C(=O)c2c(C3CC3)nc3cccnn23)C2(CCNCC2)C1. The smallest absolute Gasteiger partial charge is 0.434 e. The zero-order valence-electron chi connectivity index (χ0n) is 18.9. The highest BCUT2D eigenvalue weighted by Crippen LogP contribution is 2.45. The number of likely N-dealkylation sites (tertiary alicyclic amines) is 1. The van der Waals surface area contributed by atoms with Crippen LogP contribution >= 0.6 is 0 Å². The molecule has 36 heavy (non-hydrogen) atoms. The predicted octanol–water partition coefficient (Wildman–Crippen LogP) is 3.23. The lowest BCUT2D eigenvalue weighted by molar-refractivity contribution is -0.314. The second kappa shape index (κ2) is 8.60. The summed E-state index contributed by atoms with van der Waals surface area (Å²) in [6, 6.07) is 3.36. The number of carbonyl (C=O) groups excluding carboxylic acids is 2. The molecule has 1 aliphatic carbocycles. The number of imidazole rings is 1. The van der Waals surface area contributed by atoms with E-state index in [4.69, 9.17) is 0 Å². The van der Waals surface area contributed by atoms with Gasteiger partial charge in [-0.15, -0.1) is 0 Å². The molecule has 2 aliphatic heterocycles. The molecule has 1 N–H and O–H groups in total. The average molecular weight is 519 g/mol. The highest BCUT2D eigenvalue weighted by Gasteiger charge is 2.61. The summed E-state index contributed by atoms with van der Waals surface area (Å²) < 4.78 is 83.3.